The Morgan fingerprint density at radius 3 is 2.95 bits per heavy atom. The fourth-order valence-corrected chi connectivity index (χ4v) is 2.38. The number of piperidine rings is 1. The first kappa shape index (κ1) is 14.4. The van der Waals surface area contributed by atoms with Gasteiger partial charge in [-0.25, -0.2) is 4.79 Å². The molecule has 1 aromatic heterocycles. The zero-order valence-corrected chi connectivity index (χ0v) is 12.0. The molecular weight excluding hydrogens is 258 g/mol. The van der Waals surface area contributed by atoms with Crippen LogP contribution in [0.4, 0.5) is 4.79 Å². The zero-order chi connectivity index (χ0) is 14.5. The Labute approximate surface area is 118 Å². The molecule has 3 amide bonds. The van der Waals surface area contributed by atoms with Crippen LogP contribution in [0.15, 0.2) is 22.8 Å². The van der Waals surface area contributed by atoms with Crippen LogP contribution >= 0.6 is 0 Å². The van der Waals surface area contributed by atoms with Crippen molar-refractivity contribution in [3.63, 3.8) is 0 Å². The summed E-state index contributed by atoms with van der Waals surface area (Å²) >= 11 is 0. The molecule has 1 aliphatic rings. The lowest BCUT2D eigenvalue weighted by Gasteiger charge is -2.33. The van der Waals surface area contributed by atoms with Crippen LogP contribution in [-0.2, 0) is 11.3 Å². The van der Waals surface area contributed by atoms with Gasteiger partial charge in [-0.1, -0.05) is 0 Å². The molecule has 110 valence electrons. The summed E-state index contributed by atoms with van der Waals surface area (Å²) in [4.78, 5) is 27.3. The van der Waals surface area contributed by atoms with E-state index in [2.05, 4.69) is 5.32 Å². The van der Waals surface area contributed by atoms with Crippen molar-refractivity contribution >= 4 is 11.9 Å². The number of furan rings is 1. The van der Waals surface area contributed by atoms with Crippen molar-refractivity contribution in [2.75, 3.05) is 27.2 Å². The fraction of sp³-hybridized carbons (Fsp3) is 0.571. The first-order valence-electron chi connectivity index (χ1n) is 6.84. The van der Waals surface area contributed by atoms with Crippen molar-refractivity contribution in [3.8, 4) is 0 Å². The topological polar surface area (TPSA) is 65.8 Å². The Morgan fingerprint density at radius 1 is 1.50 bits per heavy atom. The molecule has 0 radical (unpaired) electrons. The van der Waals surface area contributed by atoms with Gasteiger partial charge in [0, 0.05) is 27.2 Å². The second-order valence-corrected chi connectivity index (χ2v) is 5.26. The van der Waals surface area contributed by atoms with Crippen LogP contribution in [0.2, 0.25) is 0 Å². The number of carbonyl (C=O) groups is 2. The molecule has 1 aromatic rings. The maximum atomic E-state index is 12.1. The molecule has 6 heteroatoms. The maximum Gasteiger partial charge on any atom is 0.319 e. The summed E-state index contributed by atoms with van der Waals surface area (Å²) in [7, 11) is 3.45. The summed E-state index contributed by atoms with van der Waals surface area (Å²) in [6.45, 7) is 1.60. The summed E-state index contributed by atoms with van der Waals surface area (Å²) in [6.07, 6.45) is 3.26. The highest BCUT2D eigenvalue weighted by Crippen LogP contribution is 2.17. The Balaban J connectivity index is 1.85. The van der Waals surface area contributed by atoms with E-state index in [4.69, 9.17) is 4.42 Å². The average Bonchev–Trinajstić information content (AvgIpc) is 2.97. The van der Waals surface area contributed by atoms with E-state index >= 15 is 0 Å². The number of amides is 3. The molecule has 20 heavy (non-hydrogen) atoms. The van der Waals surface area contributed by atoms with E-state index in [1.54, 1.807) is 36.2 Å². The van der Waals surface area contributed by atoms with E-state index in [1.165, 1.54) is 0 Å². The van der Waals surface area contributed by atoms with E-state index in [-0.39, 0.29) is 17.9 Å². The lowest BCUT2D eigenvalue weighted by Crippen LogP contribution is -2.48. The molecule has 0 saturated carbocycles. The number of hydrogen-bond acceptors (Lipinski definition) is 3. The van der Waals surface area contributed by atoms with Crippen molar-refractivity contribution in [2.45, 2.75) is 19.4 Å². The van der Waals surface area contributed by atoms with Crippen LogP contribution < -0.4 is 5.32 Å². The van der Waals surface area contributed by atoms with Crippen molar-refractivity contribution in [1.82, 2.24) is 15.1 Å². The largest absolute Gasteiger partial charge is 0.467 e. The molecule has 1 atom stereocenters. The number of likely N-dealkylation sites (tertiary alicyclic amines) is 1. The van der Waals surface area contributed by atoms with E-state index in [9.17, 15) is 9.59 Å². The van der Waals surface area contributed by atoms with Gasteiger partial charge in [0.05, 0.1) is 18.7 Å². The highest BCUT2D eigenvalue weighted by molar-refractivity contribution is 5.80. The minimum Gasteiger partial charge on any atom is -0.467 e. The van der Waals surface area contributed by atoms with Gasteiger partial charge < -0.3 is 19.5 Å². The SMILES string of the molecule is CN(C)C(=O)N1CCC[C@H](C(=O)NCc2ccco2)C1. The molecule has 1 fully saturated rings. The maximum absolute atomic E-state index is 12.1. The minimum absolute atomic E-state index is 0.0161. The second-order valence-electron chi connectivity index (χ2n) is 5.26. The number of hydrogen-bond donors (Lipinski definition) is 1. The van der Waals surface area contributed by atoms with Gasteiger partial charge in [0.15, 0.2) is 0 Å². The molecule has 0 bridgehead atoms. The van der Waals surface area contributed by atoms with Crippen LogP contribution in [0.1, 0.15) is 18.6 Å². The minimum atomic E-state index is -0.136. The van der Waals surface area contributed by atoms with Gasteiger partial charge in [-0.3, -0.25) is 4.79 Å². The molecule has 1 saturated heterocycles. The molecule has 2 heterocycles. The molecule has 0 spiro atoms. The number of carbonyl (C=O) groups excluding carboxylic acids is 2. The normalized spacial score (nSPS) is 18.7. The van der Waals surface area contributed by atoms with Gasteiger partial charge in [0.2, 0.25) is 5.91 Å². The average molecular weight is 279 g/mol. The first-order chi connectivity index (χ1) is 9.58. The van der Waals surface area contributed by atoms with Crippen LogP contribution in [0, 0.1) is 5.92 Å². The van der Waals surface area contributed by atoms with Crippen molar-refractivity contribution in [1.29, 1.82) is 0 Å². The molecule has 0 unspecified atom stereocenters. The predicted octanol–water partition coefficient (Wildman–Crippen LogP) is 1.29. The van der Waals surface area contributed by atoms with E-state index in [0.717, 1.165) is 25.1 Å². The number of urea groups is 1. The number of nitrogens with zero attached hydrogens (tertiary/aromatic N) is 2. The third-order valence-electron chi connectivity index (χ3n) is 3.46. The van der Waals surface area contributed by atoms with Crippen LogP contribution in [0.5, 0.6) is 0 Å². The molecule has 1 aliphatic heterocycles. The van der Waals surface area contributed by atoms with E-state index in [0.29, 0.717) is 13.1 Å². The molecule has 1 N–H and O–H groups in total. The van der Waals surface area contributed by atoms with Gasteiger partial charge in [0.25, 0.3) is 0 Å². The third-order valence-corrected chi connectivity index (χ3v) is 3.46. The predicted molar refractivity (Wildman–Crippen MR) is 73.9 cm³/mol. The standard InChI is InChI=1S/C14H21N3O3/c1-16(2)14(19)17-7-3-5-11(10-17)13(18)15-9-12-6-4-8-20-12/h4,6,8,11H,3,5,7,9-10H2,1-2H3,(H,15,18)/t11-/m0/s1. The summed E-state index contributed by atoms with van der Waals surface area (Å²) in [5.74, 6) is 0.579. The number of nitrogens with one attached hydrogen (secondary N) is 1. The fourth-order valence-electron chi connectivity index (χ4n) is 2.38. The Kier molecular flexibility index (Phi) is 4.65. The monoisotopic (exact) mass is 279 g/mol. The lowest BCUT2D eigenvalue weighted by atomic mass is 9.97. The zero-order valence-electron chi connectivity index (χ0n) is 12.0. The molecule has 0 aliphatic carbocycles. The third kappa shape index (κ3) is 3.53. The van der Waals surface area contributed by atoms with E-state index < -0.39 is 0 Å². The second kappa shape index (κ2) is 6.45. The Hall–Kier alpha value is -1.98. The van der Waals surface area contributed by atoms with Crippen LogP contribution in [0.3, 0.4) is 0 Å². The smallest absolute Gasteiger partial charge is 0.319 e. The van der Waals surface area contributed by atoms with Gasteiger partial charge >= 0.3 is 6.03 Å². The highest BCUT2D eigenvalue weighted by atomic mass is 16.3. The van der Waals surface area contributed by atoms with Crippen molar-refractivity contribution < 1.29 is 14.0 Å². The van der Waals surface area contributed by atoms with Gasteiger partial charge in [-0.15, -0.1) is 0 Å². The van der Waals surface area contributed by atoms with Gasteiger partial charge in [-0.2, -0.15) is 0 Å². The summed E-state index contributed by atoms with van der Waals surface area (Å²) in [5, 5.41) is 2.86. The van der Waals surface area contributed by atoms with Gasteiger partial charge in [0.1, 0.15) is 5.76 Å². The van der Waals surface area contributed by atoms with Crippen molar-refractivity contribution in [3.05, 3.63) is 24.2 Å². The Morgan fingerprint density at radius 2 is 2.30 bits per heavy atom. The summed E-state index contributed by atoms with van der Waals surface area (Å²) in [6, 6.07) is 3.58. The quantitative estimate of drug-likeness (QED) is 0.906. The lowest BCUT2D eigenvalue weighted by molar-refractivity contribution is -0.126. The van der Waals surface area contributed by atoms with Crippen molar-refractivity contribution in [2.24, 2.45) is 5.92 Å². The molecular formula is C14H21N3O3. The summed E-state index contributed by atoms with van der Waals surface area (Å²) < 4.78 is 5.18. The van der Waals surface area contributed by atoms with Crippen LogP contribution in [0.25, 0.3) is 0 Å². The van der Waals surface area contributed by atoms with E-state index in [1.807, 2.05) is 6.07 Å². The first-order valence-corrected chi connectivity index (χ1v) is 6.84. The van der Waals surface area contributed by atoms with Crippen LogP contribution in [-0.4, -0.2) is 48.9 Å². The number of rotatable bonds is 3. The molecule has 0 aromatic carbocycles. The summed E-state index contributed by atoms with van der Waals surface area (Å²) in [5.41, 5.74) is 0. The Bertz CT molecular complexity index is 456. The highest BCUT2D eigenvalue weighted by Gasteiger charge is 2.28. The van der Waals surface area contributed by atoms with Gasteiger partial charge in [-0.05, 0) is 25.0 Å². The molecule has 2 rings (SSSR count). The molecule has 6 nitrogen and oxygen atoms in total.